The predicted molar refractivity (Wildman–Crippen MR) is 83.4 cm³/mol. The summed E-state index contributed by atoms with van der Waals surface area (Å²) in [6, 6.07) is 10.8. The highest BCUT2D eigenvalue weighted by molar-refractivity contribution is 5.74. The van der Waals surface area contributed by atoms with E-state index in [9.17, 15) is 0 Å². The molecule has 0 spiro atoms. The summed E-state index contributed by atoms with van der Waals surface area (Å²) in [5.41, 5.74) is 5.03. The van der Waals surface area contributed by atoms with Crippen LogP contribution >= 0.6 is 0 Å². The summed E-state index contributed by atoms with van der Waals surface area (Å²) >= 11 is 0. The van der Waals surface area contributed by atoms with Crippen LogP contribution in [0.25, 0.3) is 11.0 Å². The molecular formula is C17H20N4. The number of aromatic nitrogens is 4. The lowest BCUT2D eigenvalue weighted by Crippen LogP contribution is -2.11. The number of aryl methyl sites for hydroxylation is 1. The normalized spacial score (nSPS) is 18.3. The molecule has 108 valence electrons. The van der Waals surface area contributed by atoms with Crippen LogP contribution < -0.4 is 0 Å². The number of para-hydroxylation sites is 1. The number of nitrogens with zero attached hydrogens (tertiary/aromatic N) is 4. The molecule has 1 aliphatic rings. The number of fused-ring (bicyclic) bond motifs is 2. The Labute approximate surface area is 124 Å². The van der Waals surface area contributed by atoms with Gasteiger partial charge in [-0.15, -0.1) is 5.10 Å². The number of hydrogen-bond acceptors (Lipinski definition) is 2. The van der Waals surface area contributed by atoms with Crippen molar-refractivity contribution in [3.05, 3.63) is 47.8 Å². The maximum absolute atomic E-state index is 4.40. The SMILES string of the molecule is CC(C)(C)c1cc2n(c1)CCC2n1nnc2ccccc21. The second-order valence-electron chi connectivity index (χ2n) is 6.92. The molecule has 0 N–H and O–H groups in total. The van der Waals surface area contributed by atoms with Crippen molar-refractivity contribution in [3.8, 4) is 0 Å². The van der Waals surface area contributed by atoms with E-state index in [1.807, 2.05) is 12.1 Å². The zero-order valence-electron chi connectivity index (χ0n) is 12.7. The van der Waals surface area contributed by atoms with Gasteiger partial charge >= 0.3 is 0 Å². The van der Waals surface area contributed by atoms with E-state index in [1.54, 1.807) is 0 Å². The van der Waals surface area contributed by atoms with Crippen LogP contribution in [0.3, 0.4) is 0 Å². The average molecular weight is 280 g/mol. The first-order valence-electron chi connectivity index (χ1n) is 7.54. The molecule has 1 unspecified atom stereocenters. The van der Waals surface area contributed by atoms with Crippen LogP contribution in [0.2, 0.25) is 0 Å². The third kappa shape index (κ3) is 1.89. The summed E-state index contributed by atoms with van der Waals surface area (Å²) in [4.78, 5) is 0. The fraction of sp³-hybridized carbons (Fsp3) is 0.412. The van der Waals surface area contributed by atoms with Gasteiger partial charge in [0.05, 0.1) is 11.6 Å². The summed E-state index contributed by atoms with van der Waals surface area (Å²) < 4.78 is 4.46. The minimum absolute atomic E-state index is 0.187. The van der Waals surface area contributed by atoms with Gasteiger partial charge in [-0.05, 0) is 35.6 Å². The molecule has 2 aromatic heterocycles. The molecule has 0 bridgehead atoms. The second-order valence-corrected chi connectivity index (χ2v) is 6.92. The maximum atomic E-state index is 4.40. The van der Waals surface area contributed by atoms with Crippen molar-refractivity contribution in [2.24, 2.45) is 0 Å². The van der Waals surface area contributed by atoms with Gasteiger partial charge in [0.25, 0.3) is 0 Å². The topological polar surface area (TPSA) is 35.6 Å². The van der Waals surface area contributed by atoms with Gasteiger partial charge in [-0.25, -0.2) is 4.68 Å². The van der Waals surface area contributed by atoms with E-state index >= 15 is 0 Å². The maximum Gasteiger partial charge on any atom is 0.113 e. The van der Waals surface area contributed by atoms with Crippen molar-refractivity contribution in [1.29, 1.82) is 0 Å². The molecule has 3 heterocycles. The van der Waals surface area contributed by atoms with E-state index in [1.165, 1.54) is 11.3 Å². The highest BCUT2D eigenvalue weighted by Gasteiger charge is 2.29. The second kappa shape index (κ2) is 4.20. The van der Waals surface area contributed by atoms with Gasteiger partial charge in [-0.1, -0.05) is 38.1 Å². The first-order chi connectivity index (χ1) is 10.0. The van der Waals surface area contributed by atoms with Crippen molar-refractivity contribution in [2.75, 3.05) is 0 Å². The molecule has 21 heavy (non-hydrogen) atoms. The minimum atomic E-state index is 0.187. The van der Waals surface area contributed by atoms with Crippen molar-refractivity contribution >= 4 is 11.0 Å². The highest BCUT2D eigenvalue weighted by Crippen LogP contribution is 2.35. The molecule has 1 aliphatic heterocycles. The van der Waals surface area contributed by atoms with Crippen LogP contribution in [0, 0.1) is 0 Å². The van der Waals surface area contributed by atoms with Gasteiger partial charge in [0, 0.05) is 18.4 Å². The summed E-state index contributed by atoms with van der Waals surface area (Å²) in [5.74, 6) is 0. The first kappa shape index (κ1) is 12.6. The molecule has 3 aromatic rings. The summed E-state index contributed by atoms with van der Waals surface area (Å²) in [5, 5.41) is 8.70. The Morgan fingerprint density at radius 3 is 2.81 bits per heavy atom. The standard InChI is InChI=1S/C17H20N4/c1-17(2,3)12-10-16-15(8-9-20(16)11-12)21-14-7-5-4-6-13(14)18-19-21/h4-7,10-11,15H,8-9H2,1-3H3. The molecule has 1 atom stereocenters. The van der Waals surface area contributed by atoms with Crippen molar-refractivity contribution in [1.82, 2.24) is 19.6 Å². The van der Waals surface area contributed by atoms with Crippen molar-refractivity contribution in [3.63, 3.8) is 0 Å². The Bertz CT molecular complexity index is 804. The van der Waals surface area contributed by atoms with Crippen LogP contribution in [0.5, 0.6) is 0 Å². The molecule has 0 aliphatic carbocycles. The van der Waals surface area contributed by atoms with Gasteiger partial charge in [0.15, 0.2) is 0 Å². The Morgan fingerprint density at radius 2 is 2.00 bits per heavy atom. The molecule has 1 aromatic carbocycles. The van der Waals surface area contributed by atoms with Crippen LogP contribution in [-0.4, -0.2) is 19.6 Å². The molecule has 0 saturated carbocycles. The lowest BCUT2D eigenvalue weighted by molar-refractivity contribution is 0.514. The Kier molecular flexibility index (Phi) is 2.52. The van der Waals surface area contributed by atoms with Gasteiger partial charge in [0.1, 0.15) is 5.52 Å². The van der Waals surface area contributed by atoms with Crippen LogP contribution in [0.4, 0.5) is 0 Å². The zero-order valence-corrected chi connectivity index (χ0v) is 12.7. The summed E-state index contributed by atoms with van der Waals surface area (Å²) in [6.07, 6.45) is 3.39. The molecule has 4 rings (SSSR count). The molecule has 4 nitrogen and oxygen atoms in total. The Balaban J connectivity index is 1.81. The fourth-order valence-corrected chi connectivity index (χ4v) is 3.19. The smallest absolute Gasteiger partial charge is 0.113 e. The van der Waals surface area contributed by atoms with Gasteiger partial charge < -0.3 is 4.57 Å². The third-order valence-corrected chi connectivity index (χ3v) is 4.45. The molecular weight excluding hydrogens is 260 g/mol. The van der Waals surface area contributed by atoms with E-state index in [0.717, 1.165) is 24.0 Å². The molecule has 0 saturated heterocycles. The molecule has 0 radical (unpaired) electrons. The summed E-state index contributed by atoms with van der Waals surface area (Å²) in [6.45, 7) is 7.85. The number of rotatable bonds is 1. The predicted octanol–water partition coefficient (Wildman–Crippen LogP) is 3.52. The fourth-order valence-electron chi connectivity index (χ4n) is 3.19. The van der Waals surface area contributed by atoms with Crippen LogP contribution in [0.15, 0.2) is 36.5 Å². The third-order valence-electron chi connectivity index (χ3n) is 4.45. The van der Waals surface area contributed by atoms with E-state index in [-0.39, 0.29) is 5.41 Å². The Hall–Kier alpha value is -2.10. The monoisotopic (exact) mass is 280 g/mol. The minimum Gasteiger partial charge on any atom is -0.349 e. The Morgan fingerprint density at radius 1 is 1.19 bits per heavy atom. The van der Waals surface area contributed by atoms with E-state index in [4.69, 9.17) is 0 Å². The van der Waals surface area contributed by atoms with Crippen molar-refractivity contribution in [2.45, 2.75) is 45.2 Å². The van der Waals surface area contributed by atoms with E-state index in [0.29, 0.717) is 6.04 Å². The van der Waals surface area contributed by atoms with E-state index < -0.39 is 0 Å². The first-order valence-corrected chi connectivity index (χ1v) is 7.54. The number of hydrogen-bond donors (Lipinski definition) is 0. The van der Waals surface area contributed by atoms with Crippen molar-refractivity contribution < 1.29 is 0 Å². The largest absolute Gasteiger partial charge is 0.349 e. The zero-order chi connectivity index (χ0) is 14.6. The number of benzene rings is 1. The van der Waals surface area contributed by atoms with E-state index in [2.05, 4.69) is 64.7 Å². The van der Waals surface area contributed by atoms with Gasteiger partial charge in [-0.3, -0.25) is 0 Å². The highest BCUT2D eigenvalue weighted by atomic mass is 15.4. The van der Waals surface area contributed by atoms with Crippen LogP contribution in [0.1, 0.15) is 44.5 Å². The van der Waals surface area contributed by atoms with Gasteiger partial charge in [-0.2, -0.15) is 0 Å². The molecule has 0 amide bonds. The van der Waals surface area contributed by atoms with Crippen LogP contribution in [-0.2, 0) is 12.0 Å². The molecule has 0 fully saturated rings. The average Bonchev–Trinajstić information content (AvgIpc) is 3.10. The lowest BCUT2D eigenvalue weighted by Gasteiger charge is -2.17. The molecule has 4 heteroatoms. The lowest BCUT2D eigenvalue weighted by atomic mass is 9.89. The summed E-state index contributed by atoms with van der Waals surface area (Å²) in [7, 11) is 0. The quantitative estimate of drug-likeness (QED) is 0.683. The van der Waals surface area contributed by atoms with Gasteiger partial charge in [0.2, 0.25) is 0 Å².